The van der Waals surface area contributed by atoms with Crippen molar-refractivity contribution in [3.63, 3.8) is 0 Å². The number of nitriles is 1. The first-order valence-electron chi connectivity index (χ1n) is 4.60. The van der Waals surface area contributed by atoms with E-state index in [2.05, 4.69) is 10.6 Å². The summed E-state index contributed by atoms with van der Waals surface area (Å²) in [5, 5.41) is 13.7. The van der Waals surface area contributed by atoms with Crippen molar-refractivity contribution in [3.8, 4) is 6.07 Å². The summed E-state index contributed by atoms with van der Waals surface area (Å²) in [6, 6.07) is 1.94. The number of rotatable bonds is 7. The van der Waals surface area contributed by atoms with E-state index in [0.29, 0.717) is 19.5 Å². The fourth-order valence-corrected chi connectivity index (χ4v) is 0.873. The summed E-state index contributed by atoms with van der Waals surface area (Å²) >= 11 is 0. The molecule has 1 atom stereocenters. The molecule has 0 aromatic heterocycles. The van der Waals surface area contributed by atoms with Crippen molar-refractivity contribution in [3.05, 3.63) is 0 Å². The number of hydrogen-bond acceptors (Lipinski definition) is 4. The van der Waals surface area contributed by atoms with Crippen LogP contribution in [0.15, 0.2) is 0 Å². The highest BCUT2D eigenvalue weighted by molar-refractivity contribution is 5.77. The van der Waals surface area contributed by atoms with Crippen LogP contribution in [0.25, 0.3) is 0 Å². The van der Waals surface area contributed by atoms with Crippen molar-refractivity contribution in [1.29, 1.82) is 5.26 Å². The maximum Gasteiger partial charge on any atom is 0.246 e. The molecule has 0 aromatic rings. The van der Waals surface area contributed by atoms with Gasteiger partial charge in [-0.2, -0.15) is 5.26 Å². The predicted octanol–water partition coefficient (Wildman–Crippen LogP) is -0.359. The van der Waals surface area contributed by atoms with Crippen LogP contribution in [0, 0.1) is 11.3 Å². The van der Waals surface area contributed by atoms with Crippen molar-refractivity contribution in [1.82, 2.24) is 10.6 Å². The van der Waals surface area contributed by atoms with Gasteiger partial charge in [0.15, 0.2) is 0 Å². The van der Waals surface area contributed by atoms with Gasteiger partial charge in [-0.3, -0.25) is 4.79 Å². The summed E-state index contributed by atoms with van der Waals surface area (Å²) in [6.07, 6.45) is 0.347. The quantitative estimate of drug-likeness (QED) is 0.549. The monoisotopic (exact) mass is 199 g/mol. The molecule has 0 aliphatic rings. The number of likely N-dealkylation sites (N-methyl/N-ethyl adjacent to an activating group) is 1. The Kier molecular flexibility index (Phi) is 7.80. The Morgan fingerprint density at radius 3 is 2.93 bits per heavy atom. The molecule has 2 N–H and O–H groups in total. The van der Waals surface area contributed by atoms with Crippen molar-refractivity contribution in [2.24, 2.45) is 0 Å². The minimum absolute atomic E-state index is 0.0155. The molecule has 1 amide bonds. The zero-order valence-electron chi connectivity index (χ0n) is 8.67. The van der Waals surface area contributed by atoms with Crippen molar-refractivity contribution >= 4 is 5.91 Å². The van der Waals surface area contributed by atoms with Gasteiger partial charge in [0, 0.05) is 13.1 Å². The van der Waals surface area contributed by atoms with E-state index in [1.165, 1.54) is 0 Å². The summed E-state index contributed by atoms with van der Waals surface area (Å²) in [5.74, 6) is -0.178. The van der Waals surface area contributed by atoms with Gasteiger partial charge in [-0.05, 0) is 14.0 Å². The lowest BCUT2D eigenvalue weighted by molar-refractivity contribution is -0.127. The van der Waals surface area contributed by atoms with Gasteiger partial charge in [-0.25, -0.2) is 0 Å². The molecule has 0 fully saturated rings. The maximum absolute atomic E-state index is 11.1. The molecular formula is C9H17N3O2. The molecule has 5 nitrogen and oxygen atoms in total. The summed E-state index contributed by atoms with van der Waals surface area (Å²) in [4.78, 5) is 11.1. The first-order chi connectivity index (χ1) is 6.70. The number of amides is 1. The second-order valence-electron chi connectivity index (χ2n) is 2.94. The minimum Gasteiger partial charge on any atom is -0.367 e. The number of nitrogens with one attached hydrogen (secondary N) is 2. The van der Waals surface area contributed by atoms with Crippen molar-refractivity contribution in [2.45, 2.75) is 19.4 Å². The smallest absolute Gasteiger partial charge is 0.246 e. The lowest BCUT2D eigenvalue weighted by Crippen LogP contribution is -2.32. The van der Waals surface area contributed by atoms with Crippen LogP contribution in [-0.4, -0.2) is 38.8 Å². The molecule has 0 aliphatic carbocycles. The van der Waals surface area contributed by atoms with E-state index in [4.69, 9.17) is 10.00 Å². The number of ether oxygens (including phenoxy) is 1. The number of hydrogen-bond donors (Lipinski definition) is 2. The predicted molar refractivity (Wildman–Crippen MR) is 52.6 cm³/mol. The molecule has 0 spiro atoms. The molecule has 1 unspecified atom stereocenters. The summed E-state index contributed by atoms with van der Waals surface area (Å²) in [7, 11) is 1.83. The van der Waals surface area contributed by atoms with Gasteiger partial charge in [0.1, 0.15) is 6.61 Å². The third kappa shape index (κ3) is 7.53. The van der Waals surface area contributed by atoms with E-state index in [1.807, 2.05) is 20.0 Å². The average Bonchev–Trinajstić information content (AvgIpc) is 2.16. The van der Waals surface area contributed by atoms with Crippen LogP contribution in [0.3, 0.4) is 0 Å². The Balaban J connectivity index is 3.39. The van der Waals surface area contributed by atoms with Gasteiger partial charge in [0.05, 0.1) is 18.6 Å². The second-order valence-corrected chi connectivity index (χ2v) is 2.94. The average molecular weight is 199 g/mol. The van der Waals surface area contributed by atoms with Crippen LogP contribution in [0.1, 0.15) is 13.3 Å². The normalized spacial score (nSPS) is 11.8. The van der Waals surface area contributed by atoms with Crippen LogP contribution in [-0.2, 0) is 9.53 Å². The van der Waals surface area contributed by atoms with Crippen molar-refractivity contribution < 1.29 is 9.53 Å². The lowest BCUT2D eigenvalue weighted by Gasteiger charge is -2.11. The third-order valence-electron chi connectivity index (χ3n) is 1.55. The van der Waals surface area contributed by atoms with Crippen LogP contribution in [0.4, 0.5) is 0 Å². The van der Waals surface area contributed by atoms with Crippen LogP contribution in [0.2, 0.25) is 0 Å². The maximum atomic E-state index is 11.1. The van der Waals surface area contributed by atoms with E-state index in [-0.39, 0.29) is 18.6 Å². The van der Waals surface area contributed by atoms with E-state index < -0.39 is 0 Å². The fraction of sp³-hybridized carbons (Fsp3) is 0.778. The summed E-state index contributed by atoms with van der Waals surface area (Å²) < 4.78 is 5.22. The van der Waals surface area contributed by atoms with Crippen LogP contribution >= 0.6 is 0 Å². The van der Waals surface area contributed by atoms with E-state index in [1.54, 1.807) is 0 Å². The van der Waals surface area contributed by atoms with Gasteiger partial charge >= 0.3 is 0 Å². The van der Waals surface area contributed by atoms with Gasteiger partial charge < -0.3 is 15.4 Å². The van der Waals surface area contributed by atoms with Crippen LogP contribution in [0.5, 0.6) is 0 Å². The van der Waals surface area contributed by atoms with Gasteiger partial charge in [0.25, 0.3) is 0 Å². The lowest BCUT2D eigenvalue weighted by atomic mass is 10.4. The zero-order valence-corrected chi connectivity index (χ0v) is 8.67. The van der Waals surface area contributed by atoms with E-state index in [9.17, 15) is 4.79 Å². The highest BCUT2D eigenvalue weighted by Gasteiger charge is 2.04. The molecule has 0 saturated carbocycles. The molecule has 0 rings (SSSR count). The highest BCUT2D eigenvalue weighted by atomic mass is 16.5. The first kappa shape index (κ1) is 12.9. The Morgan fingerprint density at radius 1 is 1.64 bits per heavy atom. The van der Waals surface area contributed by atoms with Gasteiger partial charge in [0.2, 0.25) is 5.91 Å². The summed E-state index contributed by atoms with van der Waals surface area (Å²) in [5.41, 5.74) is 0. The first-order valence-corrected chi connectivity index (χ1v) is 4.60. The highest BCUT2D eigenvalue weighted by Crippen LogP contribution is 1.87. The van der Waals surface area contributed by atoms with E-state index in [0.717, 1.165) is 0 Å². The molecule has 0 heterocycles. The molecule has 80 valence electrons. The Labute approximate surface area is 84.4 Å². The zero-order chi connectivity index (χ0) is 10.8. The Hall–Kier alpha value is -1.12. The number of carbonyl (C=O) groups excluding carboxylic acids is 1. The summed E-state index contributed by atoms with van der Waals surface area (Å²) in [6.45, 7) is 3.04. The molecule has 14 heavy (non-hydrogen) atoms. The molecule has 0 radical (unpaired) electrons. The molecular weight excluding hydrogens is 182 g/mol. The number of carbonyl (C=O) groups is 1. The van der Waals surface area contributed by atoms with Gasteiger partial charge in [-0.1, -0.05) is 0 Å². The fourth-order valence-electron chi connectivity index (χ4n) is 0.873. The Bertz CT molecular complexity index is 201. The SMILES string of the molecule is CNCC(C)OCC(=O)NCCC#N. The number of nitrogens with zero attached hydrogens (tertiary/aromatic N) is 1. The Morgan fingerprint density at radius 2 is 2.36 bits per heavy atom. The second kappa shape index (κ2) is 8.48. The molecule has 0 saturated heterocycles. The molecule has 0 aromatic carbocycles. The van der Waals surface area contributed by atoms with Gasteiger partial charge in [-0.15, -0.1) is 0 Å². The topological polar surface area (TPSA) is 74.2 Å². The standard InChI is InChI=1S/C9H17N3O2/c1-8(6-11-2)14-7-9(13)12-5-3-4-10/h8,11H,3,5-7H2,1-2H3,(H,12,13). The van der Waals surface area contributed by atoms with Crippen molar-refractivity contribution in [2.75, 3.05) is 26.7 Å². The van der Waals surface area contributed by atoms with E-state index >= 15 is 0 Å². The molecule has 0 bridgehead atoms. The minimum atomic E-state index is -0.178. The largest absolute Gasteiger partial charge is 0.367 e. The van der Waals surface area contributed by atoms with Crippen LogP contribution < -0.4 is 10.6 Å². The third-order valence-corrected chi connectivity index (χ3v) is 1.55. The molecule has 5 heteroatoms. The molecule has 0 aliphatic heterocycles.